The van der Waals surface area contributed by atoms with Gasteiger partial charge in [-0.2, -0.15) is 5.26 Å². The van der Waals surface area contributed by atoms with Crippen LogP contribution in [0.15, 0.2) is 48.5 Å². The molecular weight excluding hydrogens is 246 g/mol. The molecular formula is C18H19NO. The van der Waals surface area contributed by atoms with Crippen LogP contribution in [0.2, 0.25) is 0 Å². The molecule has 0 radical (unpaired) electrons. The highest BCUT2D eigenvalue weighted by molar-refractivity contribution is 5.38. The van der Waals surface area contributed by atoms with E-state index in [4.69, 9.17) is 10.00 Å². The lowest BCUT2D eigenvalue weighted by molar-refractivity contribution is 0.297. The van der Waals surface area contributed by atoms with Gasteiger partial charge in [0.2, 0.25) is 0 Å². The molecule has 0 bridgehead atoms. The molecule has 2 rings (SSSR count). The van der Waals surface area contributed by atoms with Gasteiger partial charge in [0.1, 0.15) is 12.4 Å². The highest BCUT2D eigenvalue weighted by Gasteiger charge is 2.18. The van der Waals surface area contributed by atoms with E-state index < -0.39 is 0 Å². The summed E-state index contributed by atoms with van der Waals surface area (Å²) in [5, 5.41) is 8.78. The zero-order valence-corrected chi connectivity index (χ0v) is 12.2. The van der Waals surface area contributed by atoms with Crippen LogP contribution < -0.4 is 4.74 Å². The van der Waals surface area contributed by atoms with Crippen molar-refractivity contribution in [2.75, 3.05) is 0 Å². The van der Waals surface area contributed by atoms with Crippen molar-refractivity contribution >= 4 is 0 Å². The fourth-order valence-electron chi connectivity index (χ4n) is 2.05. The molecule has 0 fully saturated rings. The van der Waals surface area contributed by atoms with Crippen LogP contribution in [0.25, 0.3) is 0 Å². The molecule has 2 nitrogen and oxygen atoms in total. The van der Waals surface area contributed by atoms with Crippen molar-refractivity contribution in [3.05, 3.63) is 65.2 Å². The van der Waals surface area contributed by atoms with Gasteiger partial charge in [0.15, 0.2) is 0 Å². The summed E-state index contributed by atoms with van der Waals surface area (Å²) >= 11 is 0. The molecule has 2 heteroatoms. The van der Waals surface area contributed by atoms with E-state index in [2.05, 4.69) is 32.9 Å². The second-order valence-electron chi connectivity index (χ2n) is 5.84. The maximum absolute atomic E-state index is 8.78. The van der Waals surface area contributed by atoms with E-state index >= 15 is 0 Å². The highest BCUT2D eigenvalue weighted by atomic mass is 16.5. The number of para-hydroxylation sites is 1. The van der Waals surface area contributed by atoms with Gasteiger partial charge in [-0.1, -0.05) is 51.1 Å². The second-order valence-corrected chi connectivity index (χ2v) is 5.84. The first kappa shape index (κ1) is 14.1. The van der Waals surface area contributed by atoms with Crippen molar-refractivity contribution in [1.29, 1.82) is 5.26 Å². The minimum atomic E-state index is 0.0568. The Bertz CT molecular complexity index is 615. The number of rotatable bonds is 3. The number of nitrogens with zero attached hydrogens (tertiary/aromatic N) is 1. The average Bonchev–Trinajstić information content (AvgIpc) is 2.45. The Morgan fingerprint density at radius 3 is 2.25 bits per heavy atom. The maximum atomic E-state index is 8.78. The fraction of sp³-hybridized carbons (Fsp3) is 0.278. The smallest absolute Gasteiger partial charge is 0.123 e. The zero-order valence-electron chi connectivity index (χ0n) is 12.2. The van der Waals surface area contributed by atoms with E-state index in [1.807, 2.05) is 42.5 Å². The molecule has 2 aromatic rings. The third-order valence-corrected chi connectivity index (χ3v) is 3.17. The molecule has 0 saturated carbocycles. The average molecular weight is 265 g/mol. The Balaban J connectivity index is 2.13. The summed E-state index contributed by atoms with van der Waals surface area (Å²) in [7, 11) is 0. The summed E-state index contributed by atoms with van der Waals surface area (Å²) in [5.74, 6) is 0.921. The molecule has 0 atom stereocenters. The van der Waals surface area contributed by atoms with Gasteiger partial charge in [-0.3, -0.25) is 0 Å². The van der Waals surface area contributed by atoms with Crippen molar-refractivity contribution in [2.45, 2.75) is 32.8 Å². The number of hydrogen-bond donors (Lipinski definition) is 0. The topological polar surface area (TPSA) is 33.0 Å². The van der Waals surface area contributed by atoms with Crippen LogP contribution in [0, 0.1) is 11.3 Å². The van der Waals surface area contributed by atoms with Gasteiger partial charge in [-0.25, -0.2) is 0 Å². The summed E-state index contributed by atoms with van der Waals surface area (Å²) < 4.78 is 5.94. The Morgan fingerprint density at radius 2 is 1.65 bits per heavy atom. The van der Waals surface area contributed by atoms with Gasteiger partial charge in [-0.15, -0.1) is 0 Å². The summed E-state index contributed by atoms with van der Waals surface area (Å²) in [6, 6.07) is 17.7. The fourth-order valence-corrected chi connectivity index (χ4v) is 2.05. The van der Waals surface area contributed by atoms with E-state index in [9.17, 15) is 0 Å². The lowest BCUT2D eigenvalue weighted by atomic mass is 9.86. The zero-order chi connectivity index (χ0) is 14.6. The van der Waals surface area contributed by atoms with Gasteiger partial charge >= 0.3 is 0 Å². The standard InChI is InChI=1S/C18H19NO/c1-18(2,3)16-6-4-5-7-17(16)20-13-15-10-8-14(12-19)9-11-15/h4-11H,13H2,1-3H3. The van der Waals surface area contributed by atoms with E-state index in [0.717, 1.165) is 11.3 Å². The molecule has 0 unspecified atom stereocenters. The van der Waals surface area contributed by atoms with E-state index in [0.29, 0.717) is 12.2 Å². The van der Waals surface area contributed by atoms with Crippen molar-refractivity contribution in [2.24, 2.45) is 0 Å². The summed E-state index contributed by atoms with van der Waals surface area (Å²) in [6.07, 6.45) is 0. The minimum Gasteiger partial charge on any atom is -0.489 e. The molecule has 2 aromatic carbocycles. The van der Waals surface area contributed by atoms with E-state index in [-0.39, 0.29) is 5.41 Å². The first-order valence-corrected chi connectivity index (χ1v) is 6.72. The molecule has 0 spiro atoms. The van der Waals surface area contributed by atoms with Crippen molar-refractivity contribution in [1.82, 2.24) is 0 Å². The second kappa shape index (κ2) is 5.79. The predicted molar refractivity (Wildman–Crippen MR) is 80.6 cm³/mol. The first-order valence-electron chi connectivity index (χ1n) is 6.72. The number of nitriles is 1. The Morgan fingerprint density at radius 1 is 1.00 bits per heavy atom. The van der Waals surface area contributed by atoms with Crippen LogP contribution in [-0.2, 0) is 12.0 Å². The van der Waals surface area contributed by atoms with E-state index in [1.54, 1.807) is 0 Å². The maximum Gasteiger partial charge on any atom is 0.123 e. The normalized spacial score (nSPS) is 10.9. The van der Waals surface area contributed by atoms with Crippen LogP contribution in [0.5, 0.6) is 5.75 Å². The monoisotopic (exact) mass is 265 g/mol. The lowest BCUT2D eigenvalue weighted by Crippen LogP contribution is -2.13. The molecule has 0 saturated heterocycles. The van der Waals surface area contributed by atoms with Gasteiger partial charge in [0.05, 0.1) is 11.6 Å². The van der Waals surface area contributed by atoms with Crippen LogP contribution in [0.1, 0.15) is 37.5 Å². The van der Waals surface area contributed by atoms with Gasteiger partial charge in [-0.05, 0) is 34.7 Å². The molecule has 0 heterocycles. The Hall–Kier alpha value is -2.27. The summed E-state index contributed by atoms with van der Waals surface area (Å²) in [6.45, 7) is 7.05. The largest absolute Gasteiger partial charge is 0.489 e. The number of hydrogen-bond acceptors (Lipinski definition) is 2. The van der Waals surface area contributed by atoms with Crippen LogP contribution >= 0.6 is 0 Å². The van der Waals surface area contributed by atoms with Gasteiger partial charge < -0.3 is 4.74 Å². The molecule has 20 heavy (non-hydrogen) atoms. The Kier molecular flexibility index (Phi) is 4.10. The van der Waals surface area contributed by atoms with Gasteiger partial charge in [0, 0.05) is 0 Å². The highest BCUT2D eigenvalue weighted by Crippen LogP contribution is 2.31. The van der Waals surface area contributed by atoms with Crippen molar-refractivity contribution in [3.8, 4) is 11.8 Å². The summed E-state index contributed by atoms with van der Waals surface area (Å²) in [4.78, 5) is 0. The number of ether oxygens (including phenoxy) is 1. The van der Waals surface area contributed by atoms with Crippen molar-refractivity contribution in [3.63, 3.8) is 0 Å². The van der Waals surface area contributed by atoms with Crippen molar-refractivity contribution < 1.29 is 4.74 Å². The van der Waals surface area contributed by atoms with Gasteiger partial charge in [0.25, 0.3) is 0 Å². The quantitative estimate of drug-likeness (QED) is 0.822. The first-order chi connectivity index (χ1) is 9.50. The minimum absolute atomic E-state index is 0.0568. The molecule has 0 N–H and O–H groups in total. The third kappa shape index (κ3) is 3.39. The van der Waals surface area contributed by atoms with Crippen LogP contribution in [-0.4, -0.2) is 0 Å². The molecule has 0 aromatic heterocycles. The number of benzene rings is 2. The summed E-state index contributed by atoms with van der Waals surface area (Å²) in [5.41, 5.74) is 2.99. The van der Waals surface area contributed by atoms with E-state index in [1.165, 1.54) is 5.56 Å². The van der Waals surface area contributed by atoms with Crippen LogP contribution in [0.4, 0.5) is 0 Å². The lowest BCUT2D eigenvalue weighted by Gasteiger charge is -2.22. The third-order valence-electron chi connectivity index (χ3n) is 3.17. The molecule has 0 aliphatic carbocycles. The Labute approximate surface area is 120 Å². The SMILES string of the molecule is CC(C)(C)c1ccccc1OCc1ccc(C#N)cc1. The molecule has 0 aliphatic heterocycles. The molecule has 102 valence electrons. The molecule has 0 amide bonds. The van der Waals surface area contributed by atoms with Crippen LogP contribution in [0.3, 0.4) is 0 Å². The predicted octanol–water partition coefficient (Wildman–Crippen LogP) is 4.43. The molecule has 0 aliphatic rings.